The topological polar surface area (TPSA) is 57.6 Å². The average molecular weight is 213 g/mol. The third-order valence-electron chi connectivity index (χ3n) is 2.98. The van der Waals surface area contributed by atoms with E-state index in [1.54, 1.807) is 7.05 Å². The number of ketones is 1. The highest BCUT2D eigenvalue weighted by Crippen LogP contribution is 2.22. The summed E-state index contributed by atoms with van der Waals surface area (Å²) in [6.45, 7) is 1.41. The van der Waals surface area contributed by atoms with Crippen molar-refractivity contribution in [3.05, 3.63) is 0 Å². The van der Waals surface area contributed by atoms with Crippen LogP contribution in [-0.4, -0.2) is 40.9 Å². The van der Waals surface area contributed by atoms with Crippen molar-refractivity contribution in [1.82, 2.24) is 4.90 Å². The lowest BCUT2D eigenvalue weighted by Gasteiger charge is -2.35. The SMILES string of the molecule is CC(=O)CC(=O)N(C)C1CCCCC1O. The molecule has 2 atom stereocenters. The Morgan fingerprint density at radius 2 is 1.93 bits per heavy atom. The highest BCUT2D eigenvalue weighted by atomic mass is 16.3. The van der Waals surface area contributed by atoms with E-state index in [4.69, 9.17) is 0 Å². The molecule has 86 valence electrons. The molecular formula is C11H19NO3. The van der Waals surface area contributed by atoms with Gasteiger partial charge in [-0.2, -0.15) is 0 Å². The molecule has 2 unspecified atom stereocenters. The van der Waals surface area contributed by atoms with Crippen LogP contribution >= 0.6 is 0 Å². The van der Waals surface area contributed by atoms with Gasteiger partial charge >= 0.3 is 0 Å². The minimum Gasteiger partial charge on any atom is -0.391 e. The van der Waals surface area contributed by atoms with Crippen LogP contribution in [0.15, 0.2) is 0 Å². The van der Waals surface area contributed by atoms with Crippen molar-refractivity contribution in [2.45, 2.75) is 51.2 Å². The van der Waals surface area contributed by atoms with Gasteiger partial charge in [-0.3, -0.25) is 9.59 Å². The average Bonchev–Trinajstić information content (AvgIpc) is 2.16. The van der Waals surface area contributed by atoms with Gasteiger partial charge in [0.2, 0.25) is 5.91 Å². The summed E-state index contributed by atoms with van der Waals surface area (Å²) >= 11 is 0. The summed E-state index contributed by atoms with van der Waals surface area (Å²) in [5.41, 5.74) is 0. The molecule has 1 saturated carbocycles. The minimum atomic E-state index is -0.431. The van der Waals surface area contributed by atoms with Crippen LogP contribution in [0.3, 0.4) is 0 Å². The zero-order valence-electron chi connectivity index (χ0n) is 9.40. The number of nitrogens with zero attached hydrogens (tertiary/aromatic N) is 1. The molecule has 0 aromatic heterocycles. The molecule has 0 radical (unpaired) electrons. The van der Waals surface area contributed by atoms with Crippen molar-refractivity contribution >= 4 is 11.7 Å². The van der Waals surface area contributed by atoms with Gasteiger partial charge in [-0.05, 0) is 19.8 Å². The Labute approximate surface area is 90.3 Å². The number of hydrogen-bond donors (Lipinski definition) is 1. The Hall–Kier alpha value is -0.900. The summed E-state index contributed by atoms with van der Waals surface area (Å²) in [7, 11) is 1.67. The molecule has 0 heterocycles. The van der Waals surface area contributed by atoms with Gasteiger partial charge in [0.1, 0.15) is 5.78 Å². The molecule has 1 N–H and O–H groups in total. The molecule has 1 aliphatic carbocycles. The fraction of sp³-hybridized carbons (Fsp3) is 0.818. The molecule has 4 nitrogen and oxygen atoms in total. The van der Waals surface area contributed by atoms with E-state index in [2.05, 4.69) is 0 Å². The van der Waals surface area contributed by atoms with Crippen molar-refractivity contribution in [2.75, 3.05) is 7.05 Å². The lowest BCUT2D eigenvalue weighted by atomic mass is 9.91. The maximum absolute atomic E-state index is 11.6. The number of aliphatic hydroxyl groups is 1. The van der Waals surface area contributed by atoms with Crippen LogP contribution in [0, 0.1) is 0 Å². The molecule has 0 saturated heterocycles. The van der Waals surface area contributed by atoms with Crippen LogP contribution in [0.1, 0.15) is 39.0 Å². The number of carbonyl (C=O) groups is 2. The van der Waals surface area contributed by atoms with Crippen molar-refractivity contribution in [3.63, 3.8) is 0 Å². The Bertz CT molecular complexity index is 252. The number of aliphatic hydroxyl groups excluding tert-OH is 1. The number of rotatable bonds is 3. The first-order valence-electron chi connectivity index (χ1n) is 5.45. The van der Waals surface area contributed by atoms with Crippen molar-refractivity contribution in [1.29, 1.82) is 0 Å². The van der Waals surface area contributed by atoms with Gasteiger partial charge in [0.25, 0.3) is 0 Å². The second-order valence-corrected chi connectivity index (χ2v) is 4.30. The molecule has 1 aliphatic rings. The van der Waals surface area contributed by atoms with Crippen LogP contribution in [0.5, 0.6) is 0 Å². The summed E-state index contributed by atoms with van der Waals surface area (Å²) in [5, 5.41) is 9.74. The first kappa shape index (κ1) is 12.2. The van der Waals surface area contributed by atoms with Crippen LogP contribution in [0.2, 0.25) is 0 Å². The highest BCUT2D eigenvalue weighted by molar-refractivity contribution is 5.96. The molecule has 0 bridgehead atoms. The van der Waals surface area contributed by atoms with Crippen LogP contribution in [0.4, 0.5) is 0 Å². The molecule has 0 spiro atoms. The van der Waals surface area contributed by atoms with E-state index in [1.807, 2.05) is 0 Å². The minimum absolute atomic E-state index is 0.0558. The molecular weight excluding hydrogens is 194 g/mol. The highest BCUT2D eigenvalue weighted by Gasteiger charge is 2.29. The fourth-order valence-electron chi connectivity index (χ4n) is 2.07. The van der Waals surface area contributed by atoms with E-state index in [-0.39, 0.29) is 24.2 Å². The Morgan fingerprint density at radius 3 is 2.47 bits per heavy atom. The quantitative estimate of drug-likeness (QED) is 0.703. The second kappa shape index (κ2) is 5.26. The molecule has 15 heavy (non-hydrogen) atoms. The predicted molar refractivity (Wildman–Crippen MR) is 56.3 cm³/mol. The summed E-state index contributed by atoms with van der Waals surface area (Å²) in [5.74, 6) is -0.314. The predicted octanol–water partition coefficient (Wildman–Crippen LogP) is 0.727. The lowest BCUT2D eigenvalue weighted by molar-refractivity contribution is -0.138. The smallest absolute Gasteiger partial charge is 0.230 e. The van der Waals surface area contributed by atoms with Crippen molar-refractivity contribution < 1.29 is 14.7 Å². The molecule has 4 heteroatoms. The number of Topliss-reactive ketones (excluding diaryl/α,β-unsaturated/α-hetero) is 1. The Balaban J connectivity index is 2.53. The molecule has 1 amide bonds. The van der Waals surface area contributed by atoms with Crippen molar-refractivity contribution in [3.8, 4) is 0 Å². The van der Waals surface area contributed by atoms with Gasteiger partial charge in [0, 0.05) is 7.05 Å². The van der Waals surface area contributed by atoms with Gasteiger partial charge in [0.05, 0.1) is 18.6 Å². The van der Waals surface area contributed by atoms with E-state index in [0.717, 1.165) is 25.7 Å². The van der Waals surface area contributed by atoms with Gasteiger partial charge < -0.3 is 10.0 Å². The largest absolute Gasteiger partial charge is 0.391 e. The maximum atomic E-state index is 11.6. The third kappa shape index (κ3) is 3.30. The summed E-state index contributed by atoms with van der Waals surface area (Å²) in [6.07, 6.45) is 3.16. The fourth-order valence-corrected chi connectivity index (χ4v) is 2.07. The second-order valence-electron chi connectivity index (χ2n) is 4.30. The summed E-state index contributed by atoms with van der Waals surface area (Å²) in [6, 6.07) is -0.106. The maximum Gasteiger partial charge on any atom is 0.230 e. The van der Waals surface area contributed by atoms with Gasteiger partial charge in [-0.15, -0.1) is 0 Å². The van der Waals surface area contributed by atoms with Crippen LogP contribution < -0.4 is 0 Å². The molecule has 1 fully saturated rings. The first-order chi connectivity index (χ1) is 7.02. The molecule has 1 rings (SSSR count). The van der Waals surface area contributed by atoms with Gasteiger partial charge in [-0.1, -0.05) is 12.8 Å². The zero-order valence-corrected chi connectivity index (χ0v) is 9.40. The summed E-state index contributed by atoms with van der Waals surface area (Å²) in [4.78, 5) is 23.9. The van der Waals surface area contributed by atoms with Crippen molar-refractivity contribution in [2.24, 2.45) is 0 Å². The lowest BCUT2D eigenvalue weighted by Crippen LogP contribution is -2.46. The van der Waals surface area contributed by atoms with Gasteiger partial charge in [-0.25, -0.2) is 0 Å². The summed E-state index contributed by atoms with van der Waals surface area (Å²) < 4.78 is 0. The number of amides is 1. The normalized spacial score (nSPS) is 26.1. The number of hydrogen-bond acceptors (Lipinski definition) is 3. The molecule has 0 aromatic carbocycles. The van der Waals surface area contributed by atoms with E-state index in [1.165, 1.54) is 11.8 Å². The van der Waals surface area contributed by atoms with E-state index in [9.17, 15) is 14.7 Å². The van der Waals surface area contributed by atoms with E-state index in [0.29, 0.717) is 0 Å². The molecule has 0 aromatic rings. The van der Waals surface area contributed by atoms with Crippen LogP contribution in [0.25, 0.3) is 0 Å². The monoisotopic (exact) mass is 213 g/mol. The standard InChI is InChI=1S/C11H19NO3/c1-8(13)7-11(15)12(2)9-5-3-4-6-10(9)14/h9-10,14H,3-7H2,1-2H3. The van der Waals surface area contributed by atoms with Crippen LogP contribution in [-0.2, 0) is 9.59 Å². The van der Waals surface area contributed by atoms with Gasteiger partial charge in [0.15, 0.2) is 0 Å². The number of carbonyl (C=O) groups excluding carboxylic acids is 2. The Kier molecular flexibility index (Phi) is 4.27. The number of likely N-dealkylation sites (N-methyl/N-ethyl adjacent to an activating group) is 1. The first-order valence-corrected chi connectivity index (χ1v) is 5.45. The van der Waals surface area contributed by atoms with E-state index >= 15 is 0 Å². The Morgan fingerprint density at radius 1 is 1.33 bits per heavy atom. The zero-order chi connectivity index (χ0) is 11.4. The molecule has 0 aliphatic heterocycles. The van der Waals surface area contributed by atoms with E-state index < -0.39 is 6.10 Å². The third-order valence-corrected chi connectivity index (χ3v) is 2.98.